The molecule has 0 aliphatic rings. The Bertz CT molecular complexity index is 714. The minimum atomic E-state index is -5.11. The Hall–Kier alpha value is -2.34. The van der Waals surface area contributed by atoms with Crippen LogP contribution in [0.15, 0.2) is 60.7 Å². The highest BCUT2D eigenvalue weighted by Crippen LogP contribution is 2.41. The molecule has 0 aliphatic heterocycles. The molecular weight excluding hydrogens is 331 g/mol. The van der Waals surface area contributed by atoms with E-state index in [1.165, 1.54) is 12.1 Å². The van der Waals surface area contributed by atoms with E-state index < -0.39 is 29.5 Å². The normalized spacial score (nSPS) is 14.6. The Balaban J connectivity index is 2.33. The summed E-state index contributed by atoms with van der Waals surface area (Å²) in [4.78, 5) is 12.3. The second-order valence-electron chi connectivity index (χ2n) is 6.60. The van der Waals surface area contributed by atoms with Gasteiger partial charge in [0.2, 0.25) is 5.60 Å². The number of benzene rings is 2. The van der Waals surface area contributed by atoms with Crippen LogP contribution in [0.4, 0.5) is 18.9 Å². The van der Waals surface area contributed by atoms with Gasteiger partial charge >= 0.3 is 6.18 Å². The van der Waals surface area contributed by atoms with Crippen LogP contribution in [0.3, 0.4) is 0 Å². The zero-order valence-electron chi connectivity index (χ0n) is 14.0. The van der Waals surface area contributed by atoms with E-state index in [-0.39, 0.29) is 5.69 Å². The number of para-hydroxylation sites is 1. The van der Waals surface area contributed by atoms with Crippen molar-refractivity contribution in [3.8, 4) is 0 Å². The number of carbonyl (C=O) groups is 1. The van der Waals surface area contributed by atoms with Crippen molar-refractivity contribution in [1.29, 1.82) is 0 Å². The summed E-state index contributed by atoms with van der Waals surface area (Å²) in [6.45, 7) is 3.13. The van der Waals surface area contributed by atoms with Crippen molar-refractivity contribution in [2.75, 3.05) is 5.32 Å². The summed E-state index contributed by atoms with van der Waals surface area (Å²) in [5, 5.41) is 12.5. The second-order valence-corrected chi connectivity index (χ2v) is 6.60. The Morgan fingerprint density at radius 3 is 1.92 bits per heavy atom. The summed E-state index contributed by atoms with van der Waals surface area (Å²) >= 11 is 0. The summed E-state index contributed by atoms with van der Waals surface area (Å²) in [5.41, 5.74) is -3.79. The van der Waals surface area contributed by atoms with Crippen molar-refractivity contribution in [1.82, 2.24) is 0 Å². The lowest BCUT2D eigenvalue weighted by molar-refractivity contribution is -0.254. The molecular formula is C19H20F3NO2. The maximum absolute atomic E-state index is 13.6. The fourth-order valence-electron chi connectivity index (χ4n) is 2.70. The minimum absolute atomic E-state index is 0.188. The molecule has 2 rings (SSSR count). The first kappa shape index (κ1) is 19.0. The van der Waals surface area contributed by atoms with Crippen molar-refractivity contribution in [2.24, 2.45) is 0 Å². The van der Waals surface area contributed by atoms with E-state index in [1.54, 1.807) is 62.4 Å². The molecule has 3 nitrogen and oxygen atoms in total. The number of nitrogens with one attached hydrogen (secondary N) is 1. The summed E-state index contributed by atoms with van der Waals surface area (Å²) in [6.07, 6.45) is -5.91. The average molecular weight is 351 g/mol. The number of anilines is 1. The lowest BCUT2D eigenvalue weighted by Gasteiger charge is -2.36. The Labute approximate surface area is 144 Å². The number of hydrogen-bond acceptors (Lipinski definition) is 2. The van der Waals surface area contributed by atoms with Crippen LogP contribution in [0.5, 0.6) is 0 Å². The third kappa shape index (κ3) is 4.20. The predicted molar refractivity (Wildman–Crippen MR) is 90.2 cm³/mol. The van der Waals surface area contributed by atoms with Gasteiger partial charge in [-0.2, -0.15) is 13.2 Å². The van der Waals surface area contributed by atoms with Crippen LogP contribution in [0.2, 0.25) is 0 Å². The standard InChI is InChI=1S/C19H20F3NO2/c1-17(2,14-9-5-3-6-10-14)13-18(25,19(20,21)22)16(24)23-15-11-7-4-8-12-15/h3-12,25H,13H2,1-2H3,(H,23,24). The third-order valence-electron chi connectivity index (χ3n) is 4.13. The zero-order chi connectivity index (χ0) is 18.7. The molecule has 2 N–H and O–H groups in total. The monoisotopic (exact) mass is 351 g/mol. The number of carbonyl (C=O) groups excluding carboxylic acids is 1. The van der Waals surface area contributed by atoms with Crippen molar-refractivity contribution >= 4 is 11.6 Å². The Morgan fingerprint density at radius 2 is 1.44 bits per heavy atom. The first-order chi connectivity index (χ1) is 11.6. The average Bonchev–Trinajstić information content (AvgIpc) is 2.55. The molecule has 1 amide bonds. The summed E-state index contributed by atoms with van der Waals surface area (Å²) in [6, 6.07) is 16.2. The molecule has 0 spiro atoms. The lowest BCUT2D eigenvalue weighted by atomic mass is 9.74. The van der Waals surface area contributed by atoms with Crippen LogP contribution in [0.1, 0.15) is 25.8 Å². The quantitative estimate of drug-likeness (QED) is 0.844. The van der Waals surface area contributed by atoms with Gasteiger partial charge in [0.15, 0.2) is 0 Å². The SMILES string of the molecule is CC(C)(CC(O)(C(=O)Nc1ccccc1)C(F)(F)F)c1ccccc1. The molecule has 0 aliphatic carbocycles. The molecule has 134 valence electrons. The number of alkyl halides is 3. The van der Waals surface area contributed by atoms with Gasteiger partial charge in [-0.15, -0.1) is 0 Å². The molecule has 2 aromatic carbocycles. The highest BCUT2D eigenvalue weighted by atomic mass is 19.4. The molecule has 0 heterocycles. The smallest absolute Gasteiger partial charge is 0.373 e. The van der Waals surface area contributed by atoms with Gasteiger partial charge in [-0.3, -0.25) is 4.79 Å². The molecule has 1 unspecified atom stereocenters. The number of aliphatic hydroxyl groups is 1. The van der Waals surface area contributed by atoms with Gasteiger partial charge in [-0.05, 0) is 23.1 Å². The molecule has 25 heavy (non-hydrogen) atoms. The Morgan fingerprint density at radius 1 is 0.960 bits per heavy atom. The van der Waals surface area contributed by atoms with Gasteiger partial charge in [0, 0.05) is 12.1 Å². The minimum Gasteiger partial charge on any atom is -0.373 e. The topological polar surface area (TPSA) is 49.3 Å². The fraction of sp³-hybridized carbons (Fsp3) is 0.316. The molecule has 0 aromatic heterocycles. The van der Waals surface area contributed by atoms with Gasteiger partial charge in [0.1, 0.15) is 0 Å². The molecule has 2 aromatic rings. The largest absolute Gasteiger partial charge is 0.426 e. The zero-order valence-corrected chi connectivity index (χ0v) is 14.0. The molecule has 0 saturated carbocycles. The van der Waals surface area contributed by atoms with E-state index in [0.29, 0.717) is 5.56 Å². The van der Waals surface area contributed by atoms with Crippen LogP contribution in [-0.4, -0.2) is 22.8 Å². The van der Waals surface area contributed by atoms with E-state index in [4.69, 9.17) is 0 Å². The van der Waals surface area contributed by atoms with Crippen molar-refractivity contribution in [2.45, 2.75) is 37.5 Å². The maximum atomic E-state index is 13.6. The van der Waals surface area contributed by atoms with Gasteiger partial charge in [-0.1, -0.05) is 62.4 Å². The third-order valence-corrected chi connectivity index (χ3v) is 4.13. The van der Waals surface area contributed by atoms with E-state index in [2.05, 4.69) is 5.32 Å². The molecule has 0 radical (unpaired) electrons. The predicted octanol–water partition coefficient (Wildman–Crippen LogP) is 4.29. The first-order valence-corrected chi connectivity index (χ1v) is 7.77. The van der Waals surface area contributed by atoms with E-state index in [9.17, 15) is 23.1 Å². The van der Waals surface area contributed by atoms with Gasteiger partial charge in [0.05, 0.1) is 0 Å². The van der Waals surface area contributed by atoms with Gasteiger partial charge < -0.3 is 10.4 Å². The molecule has 6 heteroatoms. The van der Waals surface area contributed by atoms with Crippen molar-refractivity contribution in [3.05, 3.63) is 66.2 Å². The van der Waals surface area contributed by atoms with Crippen LogP contribution in [-0.2, 0) is 10.2 Å². The lowest BCUT2D eigenvalue weighted by Crippen LogP contribution is -2.57. The maximum Gasteiger partial charge on any atom is 0.426 e. The molecule has 1 atom stereocenters. The fourth-order valence-corrected chi connectivity index (χ4v) is 2.70. The van der Waals surface area contributed by atoms with Crippen LogP contribution in [0, 0.1) is 0 Å². The van der Waals surface area contributed by atoms with Crippen molar-refractivity contribution in [3.63, 3.8) is 0 Å². The summed E-state index contributed by atoms with van der Waals surface area (Å²) in [7, 11) is 0. The Kier molecular flexibility index (Phi) is 5.23. The van der Waals surface area contributed by atoms with Crippen LogP contribution < -0.4 is 5.32 Å². The number of amides is 1. The van der Waals surface area contributed by atoms with E-state index in [1.807, 2.05) is 0 Å². The number of halogens is 3. The summed E-state index contributed by atoms with van der Waals surface area (Å²) in [5.74, 6) is -1.49. The van der Waals surface area contributed by atoms with Crippen molar-refractivity contribution < 1.29 is 23.1 Å². The highest BCUT2D eigenvalue weighted by Gasteiger charge is 2.61. The molecule has 0 bridgehead atoms. The number of hydrogen-bond donors (Lipinski definition) is 2. The van der Waals surface area contributed by atoms with Gasteiger partial charge in [-0.25, -0.2) is 0 Å². The first-order valence-electron chi connectivity index (χ1n) is 7.77. The highest BCUT2D eigenvalue weighted by molar-refractivity contribution is 5.97. The molecule has 0 saturated heterocycles. The molecule has 0 fully saturated rings. The summed E-state index contributed by atoms with van der Waals surface area (Å²) < 4.78 is 40.8. The second kappa shape index (κ2) is 6.88. The van der Waals surface area contributed by atoms with Crippen LogP contribution >= 0.6 is 0 Å². The van der Waals surface area contributed by atoms with E-state index in [0.717, 1.165) is 0 Å². The van der Waals surface area contributed by atoms with Crippen LogP contribution in [0.25, 0.3) is 0 Å². The van der Waals surface area contributed by atoms with E-state index >= 15 is 0 Å². The van der Waals surface area contributed by atoms with Gasteiger partial charge in [0.25, 0.3) is 5.91 Å². The number of rotatable bonds is 5.